The van der Waals surface area contributed by atoms with Gasteiger partial charge in [-0.05, 0) is 30.0 Å². The molecule has 0 radical (unpaired) electrons. The van der Waals surface area contributed by atoms with E-state index >= 15 is 0 Å². The molecule has 0 bridgehead atoms. The van der Waals surface area contributed by atoms with Crippen LogP contribution in [0.5, 0.6) is 17.2 Å². The molecule has 2 aromatic rings. The molecular formula is C26H31NO7. The molecule has 2 heterocycles. The van der Waals surface area contributed by atoms with Crippen molar-refractivity contribution in [3.05, 3.63) is 47.0 Å². The van der Waals surface area contributed by atoms with E-state index in [4.69, 9.17) is 18.9 Å². The number of para-hydroxylation sites is 1. The third-order valence-electron chi connectivity index (χ3n) is 6.37. The molecule has 2 aliphatic heterocycles. The van der Waals surface area contributed by atoms with E-state index in [2.05, 4.69) is 0 Å². The van der Waals surface area contributed by atoms with Gasteiger partial charge >= 0.3 is 5.97 Å². The SMILES string of the molecule is COc1cccc([C@@H]2O[C@@H](CC(=O)O)C(=O)N3c4c(cc(C)cc42)OC[C@@H]3C(C)(C)C)c1OC. The summed E-state index contributed by atoms with van der Waals surface area (Å²) in [7, 11) is 3.08. The molecule has 0 saturated carbocycles. The van der Waals surface area contributed by atoms with Crippen LogP contribution in [0.3, 0.4) is 0 Å². The summed E-state index contributed by atoms with van der Waals surface area (Å²) < 4.78 is 23.7. The van der Waals surface area contributed by atoms with Gasteiger partial charge in [-0.1, -0.05) is 39.0 Å². The smallest absolute Gasteiger partial charge is 0.306 e. The summed E-state index contributed by atoms with van der Waals surface area (Å²) in [5, 5.41) is 9.61. The van der Waals surface area contributed by atoms with Gasteiger partial charge in [-0.3, -0.25) is 14.5 Å². The average molecular weight is 470 g/mol. The Labute approximate surface area is 199 Å². The highest BCUT2D eigenvalue weighted by molar-refractivity contribution is 6.02. The van der Waals surface area contributed by atoms with Crippen LogP contribution in [0.2, 0.25) is 0 Å². The minimum Gasteiger partial charge on any atom is -0.493 e. The molecule has 1 N–H and O–H groups in total. The Kier molecular flexibility index (Phi) is 6.20. The third-order valence-corrected chi connectivity index (χ3v) is 6.37. The Morgan fingerprint density at radius 3 is 2.53 bits per heavy atom. The summed E-state index contributed by atoms with van der Waals surface area (Å²) in [6, 6.07) is 8.97. The summed E-state index contributed by atoms with van der Waals surface area (Å²) in [6.07, 6.45) is -2.43. The molecule has 8 nitrogen and oxygen atoms in total. The molecule has 34 heavy (non-hydrogen) atoms. The molecule has 4 rings (SSSR count). The van der Waals surface area contributed by atoms with Crippen molar-refractivity contribution in [2.75, 3.05) is 25.7 Å². The second-order valence-corrected chi connectivity index (χ2v) is 9.79. The Morgan fingerprint density at radius 1 is 1.18 bits per heavy atom. The number of methoxy groups -OCH3 is 2. The molecular weight excluding hydrogens is 438 g/mol. The topological polar surface area (TPSA) is 94.5 Å². The van der Waals surface area contributed by atoms with Gasteiger partial charge in [-0.2, -0.15) is 0 Å². The van der Waals surface area contributed by atoms with Crippen molar-refractivity contribution in [3.8, 4) is 17.2 Å². The summed E-state index contributed by atoms with van der Waals surface area (Å²) in [4.78, 5) is 27.3. The van der Waals surface area contributed by atoms with E-state index in [9.17, 15) is 14.7 Å². The fourth-order valence-electron chi connectivity index (χ4n) is 4.74. The second kappa shape index (κ2) is 8.83. The number of carbonyl (C=O) groups excluding carboxylic acids is 1. The second-order valence-electron chi connectivity index (χ2n) is 9.79. The number of carboxylic acid groups (broad SMARTS) is 1. The number of rotatable bonds is 5. The van der Waals surface area contributed by atoms with E-state index in [-0.39, 0.29) is 17.4 Å². The van der Waals surface area contributed by atoms with Crippen molar-refractivity contribution in [2.45, 2.75) is 52.4 Å². The zero-order chi connectivity index (χ0) is 24.8. The molecule has 0 fully saturated rings. The first-order chi connectivity index (χ1) is 16.1. The van der Waals surface area contributed by atoms with Crippen molar-refractivity contribution >= 4 is 17.6 Å². The van der Waals surface area contributed by atoms with E-state index in [0.29, 0.717) is 35.1 Å². The van der Waals surface area contributed by atoms with E-state index < -0.39 is 24.6 Å². The molecule has 182 valence electrons. The van der Waals surface area contributed by atoms with Crippen molar-refractivity contribution in [1.29, 1.82) is 0 Å². The lowest BCUT2D eigenvalue weighted by Gasteiger charge is -2.44. The number of carbonyl (C=O) groups is 2. The molecule has 8 heteroatoms. The zero-order valence-corrected chi connectivity index (χ0v) is 20.4. The standard InChI is InChI=1S/C26H31NO7/c1-14-10-16-22-18(11-14)33-13-20(26(2,3)4)27(22)25(30)19(12-21(28)29)34-23(16)15-8-7-9-17(31-5)24(15)32-6/h7-11,19-20,23H,12-13H2,1-6H3,(H,28,29)/t19-,20+,23-/m0/s1. The maximum absolute atomic E-state index is 13.9. The minimum absolute atomic E-state index is 0.304. The van der Waals surface area contributed by atoms with Crippen LogP contribution in [-0.2, 0) is 14.3 Å². The van der Waals surface area contributed by atoms with Crippen molar-refractivity contribution in [1.82, 2.24) is 0 Å². The molecule has 0 aliphatic carbocycles. The number of aliphatic carboxylic acids is 1. The molecule has 2 aromatic carbocycles. The molecule has 0 saturated heterocycles. The molecule has 0 aromatic heterocycles. The van der Waals surface area contributed by atoms with Crippen LogP contribution in [0, 0.1) is 12.3 Å². The van der Waals surface area contributed by atoms with Gasteiger partial charge in [0, 0.05) is 11.1 Å². The number of ether oxygens (including phenoxy) is 4. The number of benzene rings is 2. The lowest BCUT2D eigenvalue weighted by atomic mass is 9.84. The highest BCUT2D eigenvalue weighted by Gasteiger charge is 2.47. The number of nitrogens with zero attached hydrogens (tertiary/aromatic N) is 1. The lowest BCUT2D eigenvalue weighted by molar-refractivity contribution is -0.147. The van der Waals surface area contributed by atoms with Gasteiger partial charge in [0.2, 0.25) is 0 Å². The number of carboxylic acids is 1. The Morgan fingerprint density at radius 2 is 1.91 bits per heavy atom. The van der Waals surface area contributed by atoms with Crippen LogP contribution in [0.25, 0.3) is 0 Å². The van der Waals surface area contributed by atoms with Crippen molar-refractivity contribution in [3.63, 3.8) is 0 Å². The van der Waals surface area contributed by atoms with Gasteiger partial charge in [0.25, 0.3) is 5.91 Å². The first-order valence-corrected chi connectivity index (χ1v) is 11.2. The Hall–Kier alpha value is -3.26. The monoisotopic (exact) mass is 469 g/mol. The van der Waals surface area contributed by atoms with Crippen LogP contribution in [-0.4, -0.2) is 50.0 Å². The minimum atomic E-state index is -1.19. The van der Waals surface area contributed by atoms with E-state index in [1.54, 1.807) is 18.1 Å². The van der Waals surface area contributed by atoms with Gasteiger partial charge in [0.1, 0.15) is 24.6 Å². The summed E-state index contributed by atoms with van der Waals surface area (Å²) in [5.41, 5.74) is 2.58. The van der Waals surface area contributed by atoms with Gasteiger partial charge in [-0.25, -0.2) is 0 Å². The molecule has 0 spiro atoms. The molecule has 1 amide bonds. The largest absolute Gasteiger partial charge is 0.493 e. The fraction of sp³-hybridized carbons (Fsp3) is 0.462. The fourth-order valence-corrected chi connectivity index (χ4v) is 4.74. The molecule has 3 atom stereocenters. The van der Waals surface area contributed by atoms with E-state index in [1.165, 1.54) is 7.11 Å². The van der Waals surface area contributed by atoms with Crippen molar-refractivity contribution in [2.24, 2.45) is 5.41 Å². The van der Waals surface area contributed by atoms with Crippen LogP contribution in [0.1, 0.15) is 50.0 Å². The van der Waals surface area contributed by atoms with Crippen LogP contribution >= 0.6 is 0 Å². The van der Waals surface area contributed by atoms with Crippen molar-refractivity contribution < 1.29 is 33.6 Å². The highest BCUT2D eigenvalue weighted by atomic mass is 16.5. The highest BCUT2D eigenvalue weighted by Crippen LogP contribution is 2.51. The Bertz CT molecular complexity index is 1120. The number of amides is 1. The quantitative estimate of drug-likeness (QED) is 0.704. The maximum Gasteiger partial charge on any atom is 0.306 e. The van der Waals surface area contributed by atoms with E-state index in [1.807, 2.05) is 52.0 Å². The summed E-state index contributed by atoms with van der Waals surface area (Å²) in [6.45, 7) is 8.36. The van der Waals surface area contributed by atoms with Gasteiger partial charge in [0.15, 0.2) is 11.5 Å². The number of anilines is 1. The Balaban J connectivity index is 2.01. The summed E-state index contributed by atoms with van der Waals surface area (Å²) >= 11 is 0. The molecule has 0 unspecified atom stereocenters. The third kappa shape index (κ3) is 4.07. The number of hydrogen-bond acceptors (Lipinski definition) is 6. The van der Waals surface area contributed by atoms with Gasteiger partial charge < -0.3 is 24.1 Å². The van der Waals surface area contributed by atoms with E-state index in [0.717, 1.165) is 11.1 Å². The first-order valence-electron chi connectivity index (χ1n) is 11.2. The van der Waals surface area contributed by atoms with Crippen LogP contribution in [0.4, 0.5) is 5.69 Å². The normalized spacial score (nSPS) is 21.9. The zero-order valence-electron chi connectivity index (χ0n) is 20.4. The lowest BCUT2D eigenvalue weighted by Crippen LogP contribution is -2.56. The first kappa shape index (κ1) is 23.9. The summed E-state index contributed by atoms with van der Waals surface area (Å²) in [5.74, 6) is 0.0507. The number of aryl methyl sites for hydroxylation is 1. The predicted molar refractivity (Wildman–Crippen MR) is 126 cm³/mol. The average Bonchev–Trinajstić information content (AvgIpc) is 2.88. The predicted octanol–water partition coefficient (Wildman–Crippen LogP) is 4.12. The van der Waals surface area contributed by atoms with Crippen LogP contribution in [0.15, 0.2) is 30.3 Å². The van der Waals surface area contributed by atoms with Crippen LogP contribution < -0.4 is 19.1 Å². The molecule has 2 aliphatic rings. The maximum atomic E-state index is 13.9. The van der Waals surface area contributed by atoms with Gasteiger partial charge in [-0.15, -0.1) is 0 Å². The van der Waals surface area contributed by atoms with Gasteiger partial charge in [0.05, 0.1) is 32.4 Å². The number of hydrogen-bond donors (Lipinski definition) is 1.